The lowest BCUT2D eigenvalue weighted by molar-refractivity contribution is -0.141. The Morgan fingerprint density at radius 3 is 2.46 bits per heavy atom. The number of carbonyl (C=O) groups excluding carboxylic acids is 2. The molecule has 0 aliphatic heterocycles. The van der Waals surface area contributed by atoms with Gasteiger partial charge in [0, 0.05) is 12.2 Å². The lowest BCUT2D eigenvalue weighted by atomic mass is 10.0. The maximum Gasteiger partial charge on any atom is 0.324 e. The van der Waals surface area contributed by atoms with E-state index >= 15 is 0 Å². The molecule has 26 heavy (non-hydrogen) atoms. The topological polar surface area (TPSA) is 108 Å². The van der Waals surface area contributed by atoms with Gasteiger partial charge in [0.25, 0.3) is 5.91 Å². The van der Waals surface area contributed by atoms with Gasteiger partial charge in [0.05, 0.1) is 15.8 Å². The van der Waals surface area contributed by atoms with Crippen LogP contribution < -0.4 is 16.0 Å². The fourth-order valence-electron chi connectivity index (χ4n) is 2.29. The van der Waals surface area contributed by atoms with Gasteiger partial charge in [0.2, 0.25) is 0 Å². The molecule has 0 aliphatic carbocycles. The Kier molecular flexibility index (Phi) is 7.16. The molecule has 7 nitrogen and oxygen atoms in total. The van der Waals surface area contributed by atoms with E-state index in [4.69, 9.17) is 5.11 Å². The summed E-state index contributed by atoms with van der Waals surface area (Å²) < 4.78 is 0. The van der Waals surface area contributed by atoms with Gasteiger partial charge in [-0.25, -0.2) is 4.79 Å². The highest BCUT2D eigenvalue weighted by Gasteiger charge is 2.18. The number of carboxylic acid groups (broad SMARTS) is 1. The number of thiophene rings is 1. The van der Waals surface area contributed by atoms with E-state index in [1.54, 1.807) is 24.3 Å². The molecule has 1 heterocycles. The number of hydrogen-bond donors (Lipinski definition) is 4. The van der Waals surface area contributed by atoms with Crippen LogP contribution in [0.15, 0.2) is 42.5 Å². The third-order valence-electron chi connectivity index (χ3n) is 3.59. The standard InChI is InChI=1S/C18H21N3O4S/c1-2-6-12(17(23)24)11-19-16(22)14-9-10-15(26-14)21-18(25)20-13-7-4-3-5-8-13/h3-5,7-10,12H,2,6,11H2,1H3,(H,19,22)(H,23,24)(H2,20,21,25). The van der Waals surface area contributed by atoms with Crippen LogP contribution in [0.3, 0.4) is 0 Å². The minimum atomic E-state index is -0.918. The van der Waals surface area contributed by atoms with Crippen molar-refractivity contribution in [2.75, 3.05) is 17.2 Å². The molecule has 138 valence electrons. The monoisotopic (exact) mass is 375 g/mol. The summed E-state index contributed by atoms with van der Waals surface area (Å²) >= 11 is 1.12. The van der Waals surface area contributed by atoms with Crippen LogP contribution in [0.2, 0.25) is 0 Å². The molecular weight excluding hydrogens is 354 g/mol. The second-order valence-corrected chi connectivity index (χ2v) is 6.73. The first-order valence-electron chi connectivity index (χ1n) is 8.23. The van der Waals surface area contributed by atoms with Gasteiger partial charge in [0.1, 0.15) is 0 Å². The average molecular weight is 375 g/mol. The van der Waals surface area contributed by atoms with Gasteiger partial charge in [-0.05, 0) is 30.7 Å². The van der Waals surface area contributed by atoms with Crippen molar-refractivity contribution in [3.8, 4) is 0 Å². The number of urea groups is 1. The molecule has 3 amide bonds. The Morgan fingerprint density at radius 1 is 1.08 bits per heavy atom. The zero-order valence-corrected chi connectivity index (χ0v) is 15.1. The molecule has 0 radical (unpaired) electrons. The van der Waals surface area contributed by atoms with Crippen LogP contribution in [0, 0.1) is 5.92 Å². The Hall–Kier alpha value is -2.87. The number of para-hydroxylation sites is 1. The van der Waals surface area contributed by atoms with Crippen LogP contribution in [-0.4, -0.2) is 29.6 Å². The van der Waals surface area contributed by atoms with E-state index in [1.165, 1.54) is 0 Å². The first-order chi connectivity index (χ1) is 12.5. The van der Waals surface area contributed by atoms with E-state index in [0.29, 0.717) is 22.0 Å². The van der Waals surface area contributed by atoms with Crippen molar-refractivity contribution >= 4 is 39.9 Å². The van der Waals surface area contributed by atoms with Crippen molar-refractivity contribution in [1.29, 1.82) is 0 Å². The Balaban J connectivity index is 1.87. The highest BCUT2D eigenvalue weighted by Crippen LogP contribution is 2.22. The average Bonchev–Trinajstić information content (AvgIpc) is 3.07. The molecule has 1 aromatic carbocycles. The molecule has 0 bridgehead atoms. The van der Waals surface area contributed by atoms with Gasteiger partial charge in [0.15, 0.2) is 0 Å². The molecule has 4 N–H and O–H groups in total. The summed E-state index contributed by atoms with van der Waals surface area (Å²) in [4.78, 5) is 35.6. The van der Waals surface area contributed by atoms with E-state index in [2.05, 4.69) is 16.0 Å². The molecule has 0 saturated carbocycles. The van der Waals surface area contributed by atoms with Gasteiger partial charge in [-0.1, -0.05) is 31.5 Å². The normalized spacial score (nSPS) is 11.4. The number of hydrogen-bond acceptors (Lipinski definition) is 4. The molecular formula is C18H21N3O4S. The summed E-state index contributed by atoms with van der Waals surface area (Å²) in [7, 11) is 0. The maximum absolute atomic E-state index is 12.1. The number of carbonyl (C=O) groups is 3. The molecule has 1 unspecified atom stereocenters. The van der Waals surface area contributed by atoms with Crippen LogP contribution in [0.5, 0.6) is 0 Å². The van der Waals surface area contributed by atoms with Crippen molar-refractivity contribution in [3.05, 3.63) is 47.3 Å². The number of anilines is 2. The minimum absolute atomic E-state index is 0.0805. The zero-order valence-electron chi connectivity index (χ0n) is 14.3. The van der Waals surface area contributed by atoms with Crippen molar-refractivity contribution in [1.82, 2.24) is 5.32 Å². The summed E-state index contributed by atoms with van der Waals surface area (Å²) in [5, 5.41) is 17.6. The van der Waals surface area contributed by atoms with E-state index < -0.39 is 17.9 Å². The van der Waals surface area contributed by atoms with Gasteiger partial charge in [-0.15, -0.1) is 11.3 Å². The quantitative estimate of drug-likeness (QED) is 0.565. The smallest absolute Gasteiger partial charge is 0.324 e. The van der Waals surface area contributed by atoms with Crippen molar-refractivity contribution in [2.45, 2.75) is 19.8 Å². The van der Waals surface area contributed by atoms with Crippen LogP contribution in [0.1, 0.15) is 29.4 Å². The third-order valence-corrected chi connectivity index (χ3v) is 4.59. The van der Waals surface area contributed by atoms with Crippen LogP contribution in [0.25, 0.3) is 0 Å². The second kappa shape index (κ2) is 9.57. The lowest BCUT2D eigenvalue weighted by Gasteiger charge is -2.11. The van der Waals surface area contributed by atoms with E-state index in [0.717, 1.165) is 17.8 Å². The van der Waals surface area contributed by atoms with Crippen molar-refractivity contribution in [2.24, 2.45) is 5.92 Å². The number of aliphatic carboxylic acids is 1. The maximum atomic E-state index is 12.1. The second-order valence-electron chi connectivity index (χ2n) is 5.64. The summed E-state index contributed by atoms with van der Waals surface area (Å²) in [5.41, 5.74) is 0.662. The summed E-state index contributed by atoms with van der Waals surface area (Å²) in [6, 6.07) is 11.8. The number of nitrogens with one attached hydrogen (secondary N) is 3. The Morgan fingerprint density at radius 2 is 1.81 bits per heavy atom. The summed E-state index contributed by atoms with van der Waals surface area (Å²) in [6.07, 6.45) is 1.24. The molecule has 2 rings (SSSR count). The first kappa shape index (κ1) is 19.5. The van der Waals surface area contributed by atoms with Gasteiger partial charge in [-0.2, -0.15) is 0 Å². The fourth-order valence-corrected chi connectivity index (χ4v) is 3.10. The molecule has 0 aliphatic rings. The summed E-state index contributed by atoms with van der Waals surface area (Å²) in [5.74, 6) is -1.87. The molecule has 0 fully saturated rings. The largest absolute Gasteiger partial charge is 0.481 e. The van der Waals surface area contributed by atoms with Crippen LogP contribution >= 0.6 is 11.3 Å². The predicted octanol–water partition coefficient (Wildman–Crippen LogP) is 3.62. The molecule has 0 saturated heterocycles. The number of rotatable bonds is 8. The Labute approximate surface area is 155 Å². The molecule has 8 heteroatoms. The lowest BCUT2D eigenvalue weighted by Crippen LogP contribution is -2.32. The molecule has 2 aromatic rings. The van der Waals surface area contributed by atoms with Gasteiger partial charge in [-0.3, -0.25) is 14.9 Å². The zero-order chi connectivity index (χ0) is 18.9. The SMILES string of the molecule is CCCC(CNC(=O)c1ccc(NC(=O)Nc2ccccc2)s1)C(=O)O. The third kappa shape index (κ3) is 5.89. The predicted molar refractivity (Wildman–Crippen MR) is 102 cm³/mol. The molecule has 0 spiro atoms. The fraction of sp³-hybridized carbons (Fsp3) is 0.278. The van der Waals surface area contributed by atoms with Crippen LogP contribution in [0.4, 0.5) is 15.5 Å². The van der Waals surface area contributed by atoms with Crippen molar-refractivity contribution < 1.29 is 19.5 Å². The molecule has 1 atom stereocenters. The first-order valence-corrected chi connectivity index (χ1v) is 9.05. The van der Waals surface area contributed by atoms with E-state index in [-0.39, 0.29) is 12.5 Å². The number of benzene rings is 1. The highest BCUT2D eigenvalue weighted by atomic mass is 32.1. The van der Waals surface area contributed by atoms with Crippen LogP contribution in [-0.2, 0) is 4.79 Å². The Bertz CT molecular complexity index is 761. The van der Waals surface area contributed by atoms with Gasteiger partial charge < -0.3 is 15.7 Å². The van der Waals surface area contributed by atoms with E-state index in [9.17, 15) is 14.4 Å². The number of amides is 3. The van der Waals surface area contributed by atoms with E-state index in [1.807, 2.05) is 25.1 Å². The summed E-state index contributed by atoms with van der Waals surface area (Å²) in [6.45, 7) is 1.98. The number of carboxylic acids is 1. The van der Waals surface area contributed by atoms with Gasteiger partial charge >= 0.3 is 12.0 Å². The van der Waals surface area contributed by atoms with Crippen molar-refractivity contribution in [3.63, 3.8) is 0 Å². The molecule has 1 aromatic heterocycles. The minimum Gasteiger partial charge on any atom is -0.481 e. The highest BCUT2D eigenvalue weighted by molar-refractivity contribution is 7.18.